The first-order chi connectivity index (χ1) is 9.23. The largest absolute Gasteiger partial charge is 0.481 e. The maximum Gasteiger partial charge on any atom is 0.305 e. The standard InChI is InChI=1S/C15H20INO3/c1-10(2)15(3,9-14(19)20)17-13(18)8-11-5-4-6-12(16)7-11/h4-7,10H,8-9H2,1-3H3,(H,17,18)(H,19,20). The van der Waals surface area contributed by atoms with Crippen molar-refractivity contribution in [1.29, 1.82) is 0 Å². The zero-order valence-corrected chi connectivity index (χ0v) is 14.1. The zero-order chi connectivity index (χ0) is 15.3. The molecule has 1 aromatic carbocycles. The molecule has 4 nitrogen and oxygen atoms in total. The molecule has 0 heterocycles. The van der Waals surface area contributed by atoms with Crippen LogP contribution in [-0.4, -0.2) is 22.5 Å². The summed E-state index contributed by atoms with van der Waals surface area (Å²) in [4.78, 5) is 23.1. The van der Waals surface area contributed by atoms with Crippen LogP contribution in [0, 0.1) is 9.49 Å². The molecule has 1 atom stereocenters. The maximum atomic E-state index is 12.1. The van der Waals surface area contributed by atoms with Gasteiger partial charge in [0.2, 0.25) is 5.91 Å². The second kappa shape index (κ2) is 7.06. The molecule has 0 saturated heterocycles. The van der Waals surface area contributed by atoms with E-state index in [0.29, 0.717) is 0 Å². The molecule has 20 heavy (non-hydrogen) atoms. The smallest absolute Gasteiger partial charge is 0.305 e. The van der Waals surface area contributed by atoms with Crippen LogP contribution in [-0.2, 0) is 16.0 Å². The van der Waals surface area contributed by atoms with Crippen LogP contribution in [0.1, 0.15) is 32.8 Å². The molecular formula is C15H20INO3. The normalized spacial score (nSPS) is 13.8. The van der Waals surface area contributed by atoms with Crippen LogP contribution in [0.15, 0.2) is 24.3 Å². The summed E-state index contributed by atoms with van der Waals surface area (Å²) < 4.78 is 1.07. The Bertz CT molecular complexity index is 502. The average molecular weight is 389 g/mol. The van der Waals surface area contributed by atoms with Crippen LogP contribution in [0.2, 0.25) is 0 Å². The van der Waals surface area contributed by atoms with Crippen molar-refractivity contribution in [3.63, 3.8) is 0 Å². The highest BCUT2D eigenvalue weighted by atomic mass is 127. The van der Waals surface area contributed by atoms with E-state index < -0.39 is 11.5 Å². The molecule has 2 N–H and O–H groups in total. The van der Waals surface area contributed by atoms with Crippen molar-refractivity contribution < 1.29 is 14.7 Å². The van der Waals surface area contributed by atoms with Crippen molar-refractivity contribution in [3.8, 4) is 0 Å². The van der Waals surface area contributed by atoms with Gasteiger partial charge in [-0.25, -0.2) is 0 Å². The molecule has 110 valence electrons. The van der Waals surface area contributed by atoms with E-state index in [1.54, 1.807) is 6.92 Å². The van der Waals surface area contributed by atoms with Crippen LogP contribution in [0.25, 0.3) is 0 Å². The second-order valence-corrected chi connectivity index (χ2v) is 6.74. The number of carbonyl (C=O) groups is 2. The number of carboxylic acids is 1. The third-order valence-corrected chi connectivity index (χ3v) is 4.14. The minimum absolute atomic E-state index is 0.0402. The van der Waals surface area contributed by atoms with Crippen LogP contribution < -0.4 is 5.32 Å². The maximum absolute atomic E-state index is 12.1. The Morgan fingerprint density at radius 2 is 2.05 bits per heavy atom. The molecule has 0 aliphatic rings. The molecule has 1 unspecified atom stereocenters. The highest BCUT2D eigenvalue weighted by Gasteiger charge is 2.32. The van der Waals surface area contributed by atoms with Gasteiger partial charge in [0.1, 0.15) is 0 Å². The molecule has 0 fully saturated rings. The highest BCUT2D eigenvalue weighted by molar-refractivity contribution is 14.1. The van der Waals surface area contributed by atoms with Crippen molar-refractivity contribution >= 4 is 34.5 Å². The van der Waals surface area contributed by atoms with Gasteiger partial charge in [0, 0.05) is 9.11 Å². The molecule has 0 saturated carbocycles. The van der Waals surface area contributed by atoms with Gasteiger partial charge in [-0.1, -0.05) is 26.0 Å². The number of carbonyl (C=O) groups excluding carboxylic acids is 1. The molecule has 1 aromatic rings. The lowest BCUT2D eigenvalue weighted by molar-refractivity contribution is -0.139. The van der Waals surface area contributed by atoms with Gasteiger partial charge in [0.25, 0.3) is 0 Å². The first-order valence-electron chi connectivity index (χ1n) is 6.50. The summed E-state index contributed by atoms with van der Waals surface area (Å²) in [6.45, 7) is 5.60. The number of amides is 1. The number of hydrogen-bond acceptors (Lipinski definition) is 2. The lowest BCUT2D eigenvalue weighted by atomic mass is 9.85. The molecular weight excluding hydrogens is 369 g/mol. The monoisotopic (exact) mass is 389 g/mol. The first kappa shape index (κ1) is 16.9. The van der Waals surface area contributed by atoms with E-state index in [9.17, 15) is 9.59 Å². The molecule has 1 rings (SSSR count). The summed E-state index contributed by atoms with van der Waals surface area (Å²) in [7, 11) is 0. The van der Waals surface area contributed by atoms with Crippen LogP contribution in [0.4, 0.5) is 0 Å². The molecule has 5 heteroatoms. The molecule has 0 radical (unpaired) electrons. The second-order valence-electron chi connectivity index (χ2n) is 5.50. The van der Waals surface area contributed by atoms with Gasteiger partial charge in [-0.15, -0.1) is 0 Å². The number of rotatable bonds is 6. The average Bonchev–Trinajstić information content (AvgIpc) is 2.26. The van der Waals surface area contributed by atoms with Crippen molar-refractivity contribution in [2.45, 2.75) is 39.2 Å². The lowest BCUT2D eigenvalue weighted by Crippen LogP contribution is -2.51. The molecule has 0 aromatic heterocycles. The summed E-state index contributed by atoms with van der Waals surface area (Å²) in [6.07, 6.45) is 0.182. The minimum atomic E-state index is -0.907. The van der Waals surface area contributed by atoms with Crippen molar-refractivity contribution in [2.24, 2.45) is 5.92 Å². The fraction of sp³-hybridized carbons (Fsp3) is 0.467. The summed E-state index contributed by atoms with van der Waals surface area (Å²) >= 11 is 2.20. The van der Waals surface area contributed by atoms with E-state index in [0.717, 1.165) is 9.13 Å². The van der Waals surface area contributed by atoms with Gasteiger partial charge in [-0.3, -0.25) is 9.59 Å². The molecule has 0 bridgehead atoms. The Balaban J connectivity index is 2.74. The van der Waals surface area contributed by atoms with Crippen LogP contribution in [0.5, 0.6) is 0 Å². The first-order valence-corrected chi connectivity index (χ1v) is 7.58. The predicted molar refractivity (Wildman–Crippen MR) is 86.5 cm³/mol. The highest BCUT2D eigenvalue weighted by Crippen LogP contribution is 2.21. The van der Waals surface area contributed by atoms with E-state index >= 15 is 0 Å². The molecule has 1 amide bonds. The van der Waals surface area contributed by atoms with E-state index in [4.69, 9.17) is 5.11 Å². The van der Waals surface area contributed by atoms with Crippen LogP contribution in [0.3, 0.4) is 0 Å². The summed E-state index contributed by atoms with van der Waals surface area (Å²) in [5.41, 5.74) is 0.195. The Morgan fingerprint density at radius 1 is 1.40 bits per heavy atom. The van der Waals surface area contributed by atoms with Crippen molar-refractivity contribution in [3.05, 3.63) is 33.4 Å². The number of carboxylic acid groups (broad SMARTS) is 1. The van der Waals surface area contributed by atoms with Gasteiger partial charge in [-0.2, -0.15) is 0 Å². The van der Waals surface area contributed by atoms with Gasteiger partial charge < -0.3 is 10.4 Å². The Morgan fingerprint density at radius 3 is 2.55 bits per heavy atom. The van der Waals surface area contributed by atoms with E-state index in [1.807, 2.05) is 38.1 Å². The number of aliphatic carboxylic acids is 1. The number of hydrogen-bond donors (Lipinski definition) is 2. The quantitative estimate of drug-likeness (QED) is 0.736. The van der Waals surface area contributed by atoms with E-state index in [1.165, 1.54) is 0 Å². The van der Waals surface area contributed by atoms with E-state index in [2.05, 4.69) is 27.9 Å². The van der Waals surface area contributed by atoms with Crippen molar-refractivity contribution in [1.82, 2.24) is 5.32 Å². The third kappa shape index (κ3) is 5.11. The van der Waals surface area contributed by atoms with Gasteiger partial charge in [0.15, 0.2) is 0 Å². The summed E-state index contributed by atoms with van der Waals surface area (Å²) in [5, 5.41) is 11.9. The number of nitrogens with one attached hydrogen (secondary N) is 1. The minimum Gasteiger partial charge on any atom is -0.481 e. The van der Waals surface area contributed by atoms with Gasteiger partial charge in [0.05, 0.1) is 12.8 Å². The SMILES string of the molecule is CC(C)C(C)(CC(=O)O)NC(=O)Cc1cccc(I)c1. The molecule has 0 aliphatic carbocycles. The third-order valence-electron chi connectivity index (χ3n) is 3.47. The predicted octanol–water partition coefficient (Wildman–Crippen LogP) is 2.84. The topological polar surface area (TPSA) is 66.4 Å². The van der Waals surface area contributed by atoms with Crippen LogP contribution >= 0.6 is 22.6 Å². The molecule has 0 aliphatic heterocycles. The fourth-order valence-electron chi connectivity index (χ4n) is 1.90. The van der Waals surface area contributed by atoms with Gasteiger partial charge >= 0.3 is 5.97 Å². The molecule has 0 spiro atoms. The number of halogens is 1. The summed E-state index contributed by atoms with van der Waals surface area (Å²) in [6, 6.07) is 7.71. The van der Waals surface area contributed by atoms with E-state index in [-0.39, 0.29) is 24.7 Å². The number of benzene rings is 1. The Kier molecular flexibility index (Phi) is 5.98. The Hall–Kier alpha value is -1.11. The van der Waals surface area contributed by atoms with Crippen molar-refractivity contribution in [2.75, 3.05) is 0 Å². The zero-order valence-electron chi connectivity index (χ0n) is 11.9. The lowest BCUT2D eigenvalue weighted by Gasteiger charge is -2.33. The van der Waals surface area contributed by atoms with Gasteiger partial charge in [-0.05, 0) is 53.1 Å². The summed E-state index contributed by atoms with van der Waals surface area (Å²) in [5.74, 6) is -1.02. The fourth-order valence-corrected chi connectivity index (χ4v) is 2.51. The Labute approximate surface area is 133 Å².